The summed E-state index contributed by atoms with van der Waals surface area (Å²) in [5.41, 5.74) is 2.04. The molecule has 1 amide bonds. The number of benzene rings is 1. The van der Waals surface area contributed by atoms with Crippen molar-refractivity contribution in [1.29, 1.82) is 0 Å². The molecule has 6 nitrogen and oxygen atoms in total. The predicted molar refractivity (Wildman–Crippen MR) is 99.1 cm³/mol. The van der Waals surface area contributed by atoms with Crippen molar-refractivity contribution in [3.8, 4) is 11.5 Å². The first kappa shape index (κ1) is 18.2. The van der Waals surface area contributed by atoms with Crippen molar-refractivity contribution in [1.82, 2.24) is 15.6 Å². The summed E-state index contributed by atoms with van der Waals surface area (Å²) >= 11 is 0. The average molecular weight is 355 g/mol. The van der Waals surface area contributed by atoms with Gasteiger partial charge in [0.15, 0.2) is 11.5 Å². The van der Waals surface area contributed by atoms with E-state index in [0.717, 1.165) is 36.9 Å². The first-order valence-corrected chi connectivity index (χ1v) is 8.96. The molecule has 1 fully saturated rings. The Bertz CT molecular complexity index is 721. The lowest BCUT2D eigenvalue weighted by molar-refractivity contribution is -0.122. The lowest BCUT2D eigenvalue weighted by Crippen LogP contribution is -2.42. The third-order valence-electron chi connectivity index (χ3n) is 4.43. The molecule has 0 saturated carbocycles. The van der Waals surface area contributed by atoms with E-state index in [0.29, 0.717) is 24.7 Å². The SMILES string of the molecule is COc1ccc(CNC2CCCCNC2=O)cc1OCc1cccnc1. The maximum absolute atomic E-state index is 12.0. The maximum atomic E-state index is 12.0. The van der Waals surface area contributed by atoms with Crippen LogP contribution >= 0.6 is 0 Å². The van der Waals surface area contributed by atoms with Gasteiger partial charge >= 0.3 is 0 Å². The Morgan fingerprint density at radius 3 is 2.96 bits per heavy atom. The fourth-order valence-corrected chi connectivity index (χ4v) is 2.96. The summed E-state index contributed by atoms with van der Waals surface area (Å²) in [5.74, 6) is 1.45. The first-order valence-electron chi connectivity index (χ1n) is 8.96. The lowest BCUT2D eigenvalue weighted by atomic mass is 10.1. The minimum atomic E-state index is -0.139. The van der Waals surface area contributed by atoms with E-state index in [2.05, 4.69) is 15.6 Å². The molecule has 2 aromatic rings. The molecular formula is C20H25N3O3. The molecular weight excluding hydrogens is 330 g/mol. The Morgan fingerprint density at radius 1 is 1.23 bits per heavy atom. The highest BCUT2D eigenvalue weighted by molar-refractivity contribution is 5.81. The molecule has 1 aliphatic heterocycles. The number of nitrogens with one attached hydrogen (secondary N) is 2. The zero-order valence-corrected chi connectivity index (χ0v) is 15.0. The molecule has 2 heterocycles. The van der Waals surface area contributed by atoms with Crippen LogP contribution in [0.2, 0.25) is 0 Å². The molecule has 138 valence electrons. The normalized spacial score (nSPS) is 17.3. The number of pyridine rings is 1. The fourth-order valence-electron chi connectivity index (χ4n) is 2.96. The van der Waals surface area contributed by atoms with Crippen LogP contribution in [0.4, 0.5) is 0 Å². The molecule has 2 N–H and O–H groups in total. The van der Waals surface area contributed by atoms with Crippen LogP contribution in [-0.2, 0) is 17.9 Å². The van der Waals surface area contributed by atoms with Gasteiger partial charge in [-0.25, -0.2) is 0 Å². The van der Waals surface area contributed by atoms with Crippen LogP contribution in [0.15, 0.2) is 42.7 Å². The molecule has 0 radical (unpaired) electrons. The molecule has 0 spiro atoms. The Balaban J connectivity index is 1.63. The Kier molecular flexibility index (Phi) is 6.44. The minimum absolute atomic E-state index is 0.0871. The lowest BCUT2D eigenvalue weighted by Gasteiger charge is -2.16. The van der Waals surface area contributed by atoms with E-state index in [4.69, 9.17) is 9.47 Å². The summed E-state index contributed by atoms with van der Waals surface area (Å²) in [4.78, 5) is 16.1. The number of rotatable bonds is 7. The monoisotopic (exact) mass is 355 g/mol. The van der Waals surface area contributed by atoms with Gasteiger partial charge in [-0.1, -0.05) is 12.1 Å². The molecule has 3 rings (SSSR count). The molecule has 26 heavy (non-hydrogen) atoms. The topological polar surface area (TPSA) is 72.5 Å². The molecule has 1 aliphatic rings. The van der Waals surface area contributed by atoms with E-state index < -0.39 is 0 Å². The number of methoxy groups -OCH3 is 1. The molecule has 0 bridgehead atoms. The number of hydrogen-bond donors (Lipinski definition) is 2. The largest absolute Gasteiger partial charge is 0.493 e. The highest BCUT2D eigenvalue weighted by Gasteiger charge is 2.19. The number of ether oxygens (including phenoxy) is 2. The molecule has 0 aliphatic carbocycles. The standard InChI is InChI=1S/C20H25N3O3/c1-25-18-8-7-15(13-23-17-6-2-3-10-22-20(17)24)11-19(18)26-14-16-5-4-9-21-12-16/h4-5,7-9,11-12,17,23H,2-3,6,10,13-14H2,1H3,(H,22,24). The van der Waals surface area contributed by atoms with Crippen LogP contribution in [0, 0.1) is 0 Å². The van der Waals surface area contributed by atoms with Gasteiger partial charge in [0, 0.05) is 31.0 Å². The van der Waals surface area contributed by atoms with Gasteiger partial charge in [-0.3, -0.25) is 9.78 Å². The van der Waals surface area contributed by atoms with Crippen LogP contribution in [0.1, 0.15) is 30.4 Å². The molecule has 1 atom stereocenters. The Labute approximate surface area is 153 Å². The fraction of sp³-hybridized carbons (Fsp3) is 0.400. The summed E-state index contributed by atoms with van der Waals surface area (Å²) < 4.78 is 11.3. The van der Waals surface area contributed by atoms with Gasteiger partial charge in [-0.2, -0.15) is 0 Å². The molecule has 1 aromatic carbocycles. The smallest absolute Gasteiger partial charge is 0.237 e. The van der Waals surface area contributed by atoms with Crippen LogP contribution in [0.3, 0.4) is 0 Å². The van der Waals surface area contributed by atoms with Crippen LogP contribution in [-0.4, -0.2) is 30.6 Å². The second-order valence-corrected chi connectivity index (χ2v) is 6.36. The van der Waals surface area contributed by atoms with Crippen molar-refractivity contribution in [2.24, 2.45) is 0 Å². The summed E-state index contributed by atoms with van der Waals surface area (Å²) in [5, 5.41) is 6.29. The summed E-state index contributed by atoms with van der Waals surface area (Å²) in [7, 11) is 1.63. The summed E-state index contributed by atoms with van der Waals surface area (Å²) in [6.45, 7) is 1.79. The van der Waals surface area contributed by atoms with Crippen LogP contribution in [0.5, 0.6) is 11.5 Å². The van der Waals surface area contributed by atoms with E-state index in [9.17, 15) is 4.79 Å². The van der Waals surface area contributed by atoms with Gasteiger partial charge in [0.25, 0.3) is 0 Å². The molecule has 6 heteroatoms. The quantitative estimate of drug-likeness (QED) is 0.798. The van der Waals surface area contributed by atoms with Gasteiger partial charge < -0.3 is 20.1 Å². The minimum Gasteiger partial charge on any atom is -0.493 e. The van der Waals surface area contributed by atoms with Gasteiger partial charge in [0.2, 0.25) is 5.91 Å². The van der Waals surface area contributed by atoms with Crippen molar-refractivity contribution in [3.05, 3.63) is 53.9 Å². The zero-order chi connectivity index (χ0) is 18.2. The number of hydrogen-bond acceptors (Lipinski definition) is 5. The van der Waals surface area contributed by atoms with Crippen molar-refractivity contribution in [2.45, 2.75) is 38.5 Å². The van der Waals surface area contributed by atoms with Crippen LogP contribution < -0.4 is 20.1 Å². The van der Waals surface area contributed by atoms with Gasteiger partial charge in [0.1, 0.15) is 6.61 Å². The zero-order valence-electron chi connectivity index (χ0n) is 15.0. The highest BCUT2D eigenvalue weighted by Crippen LogP contribution is 2.29. The number of aromatic nitrogens is 1. The van der Waals surface area contributed by atoms with Gasteiger partial charge in [-0.15, -0.1) is 0 Å². The van der Waals surface area contributed by atoms with Gasteiger partial charge in [-0.05, 0) is 43.0 Å². The number of nitrogens with zero attached hydrogens (tertiary/aromatic N) is 1. The third kappa shape index (κ3) is 4.95. The van der Waals surface area contributed by atoms with E-state index in [1.165, 1.54) is 0 Å². The van der Waals surface area contributed by atoms with E-state index >= 15 is 0 Å². The van der Waals surface area contributed by atoms with Crippen molar-refractivity contribution >= 4 is 5.91 Å². The van der Waals surface area contributed by atoms with Gasteiger partial charge in [0.05, 0.1) is 13.2 Å². The molecule has 1 aromatic heterocycles. The molecule has 1 saturated heterocycles. The second kappa shape index (κ2) is 9.20. The Morgan fingerprint density at radius 2 is 2.15 bits per heavy atom. The number of carbonyl (C=O) groups is 1. The summed E-state index contributed by atoms with van der Waals surface area (Å²) in [6.07, 6.45) is 6.48. The van der Waals surface area contributed by atoms with Crippen molar-refractivity contribution in [3.63, 3.8) is 0 Å². The van der Waals surface area contributed by atoms with Crippen molar-refractivity contribution in [2.75, 3.05) is 13.7 Å². The second-order valence-electron chi connectivity index (χ2n) is 6.36. The van der Waals surface area contributed by atoms with Crippen molar-refractivity contribution < 1.29 is 14.3 Å². The molecule has 1 unspecified atom stereocenters. The highest BCUT2D eigenvalue weighted by atomic mass is 16.5. The maximum Gasteiger partial charge on any atom is 0.237 e. The van der Waals surface area contributed by atoms with E-state index in [-0.39, 0.29) is 11.9 Å². The third-order valence-corrected chi connectivity index (χ3v) is 4.43. The van der Waals surface area contributed by atoms with E-state index in [1.54, 1.807) is 19.5 Å². The first-order chi connectivity index (χ1) is 12.8. The number of carbonyl (C=O) groups excluding carboxylic acids is 1. The predicted octanol–water partition coefficient (Wildman–Crippen LogP) is 2.43. The van der Waals surface area contributed by atoms with Crippen LogP contribution in [0.25, 0.3) is 0 Å². The average Bonchev–Trinajstić information content (AvgIpc) is 2.89. The van der Waals surface area contributed by atoms with E-state index in [1.807, 2.05) is 30.3 Å². The Hall–Kier alpha value is -2.60. The number of amides is 1. The summed E-state index contributed by atoms with van der Waals surface area (Å²) in [6, 6.07) is 9.54.